The van der Waals surface area contributed by atoms with Crippen LogP contribution in [0.4, 0.5) is 5.69 Å². The highest BCUT2D eigenvalue weighted by Crippen LogP contribution is 2.19. The van der Waals surface area contributed by atoms with Crippen LogP contribution in [0.1, 0.15) is 19.4 Å². The van der Waals surface area contributed by atoms with Crippen LogP contribution >= 0.6 is 0 Å². The third-order valence-electron chi connectivity index (χ3n) is 2.35. The van der Waals surface area contributed by atoms with Crippen molar-refractivity contribution in [1.29, 1.82) is 0 Å². The van der Waals surface area contributed by atoms with Gasteiger partial charge < -0.3 is 4.90 Å². The monoisotopic (exact) mass is 190 g/mol. The van der Waals surface area contributed by atoms with Crippen LogP contribution in [-0.4, -0.2) is 19.4 Å². The van der Waals surface area contributed by atoms with Crippen LogP contribution in [0, 0.1) is 0 Å². The molecule has 1 aromatic carbocycles. The maximum atomic E-state index is 10.4. The summed E-state index contributed by atoms with van der Waals surface area (Å²) < 4.78 is 0. The number of para-hydroxylation sites is 1. The number of hydrogen-bond donors (Lipinski definition) is 0. The highest BCUT2D eigenvalue weighted by Gasteiger charge is 2.06. The molecule has 0 bridgehead atoms. The zero-order valence-electron chi connectivity index (χ0n) is 8.79. The molecule has 0 unspecified atom stereocenters. The summed E-state index contributed by atoms with van der Waals surface area (Å²) >= 11 is 0. The van der Waals surface area contributed by atoms with Crippen molar-refractivity contribution in [3.63, 3.8) is 0 Å². The van der Waals surface area contributed by atoms with Crippen LogP contribution in [0.15, 0.2) is 24.3 Å². The Morgan fingerprint density at radius 2 is 2.00 bits per heavy atom. The zero-order valence-corrected chi connectivity index (χ0v) is 8.79. The number of nitrogens with zero attached hydrogens (tertiary/aromatic N) is 1. The van der Waals surface area contributed by atoms with Crippen LogP contribution < -0.4 is 4.90 Å². The fourth-order valence-electron chi connectivity index (χ4n) is 1.56. The Labute approximate surface area is 85.5 Å². The standard InChI is InChI=1S/C12H16NO/c1-3-11-7-5-6-8-12(11)13(4-2)9-10-14/h5-8H,3-4,9H2,1-2H3. The highest BCUT2D eigenvalue weighted by molar-refractivity contribution is 5.64. The van der Waals surface area contributed by atoms with Gasteiger partial charge in [0.1, 0.15) is 0 Å². The van der Waals surface area contributed by atoms with Crippen LogP contribution in [0.5, 0.6) is 0 Å². The molecule has 0 aliphatic heterocycles. The van der Waals surface area contributed by atoms with Crippen molar-refractivity contribution in [3.8, 4) is 0 Å². The molecular formula is C12H16NO. The summed E-state index contributed by atoms with van der Waals surface area (Å²) in [6.07, 6.45) is 2.94. The van der Waals surface area contributed by atoms with Gasteiger partial charge in [0.2, 0.25) is 6.29 Å². The second-order valence-electron chi connectivity index (χ2n) is 3.14. The van der Waals surface area contributed by atoms with E-state index >= 15 is 0 Å². The van der Waals surface area contributed by atoms with E-state index in [1.807, 2.05) is 30.2 Å². The van der Waals surface area contributed by atoms with E-state index in [1.54, 1.807) is 0 Å². The SMILES string of the molecule is CCc1ccccc1N(CC)C[C]=O. The summed E-state index contributed by atoms with van der Waals surface area (Å²) in [5, 5.41) is 0. The van der Waals surface area contributed by atoms with Crippen molar-refractivity contribution in [3.05, 3.63) is 29.8 Å². The molecule has 0 saturated carbocycles. The van der Waals surface area contributed by atoms with Crippen molar-refractivity contribution in [2.75, 3.05) is 18.0 Å². The molecule has 0 atom stereocenters. The quantitative estimate of drug-likeness (QED) is 0.709. The normalized spacial score (nSPS) is 9.86. The van der Waals surface area contributed by atoms with Gasteiger partial charge in [0.25, 0.3) is 0 Å². The van der Waals surface area contributed by atoms with Gasteiger partial charge in [-0.3, -0.25) is 4.79 Å². The number of hydrogen-bond acceptors (Lipinski definition) is 2. The molecule has 2 nitrogen and oxygen atoms in total. The summed E-state index contributed by atoms with van der Waals surface area (Å²) in [6.45, 7) is 5.36. The van der Waals surface area contributed by atoms with Crippen LogP contribution in [0.25, 0.3) is 0 Å². The maximum absolute atomic E-state index is 10.4. The van der Waals surface area contributed by atoms with Gasteiger partial charge in [0, 0.05) is 12.2 Å². The van der Waals surface area contributed by atoms with Crippen molar-refractivity contribution >= 4 is 12.0 Å². The van der Waals surface area contributed by atoms with Gasteiger partial charge in [-0.2, -0.15) is 0 Å². The smallest absolute Gasteiger partial charge is 0.219 e. The molecule has 0 saturated heterocycles. The van der Waals surface area contributed by atoms with Gasteiger partial charge in [-0.25, -0.2) is 0 Å². The average molecular weight is 190 g/mol. The van der Waals surface area contributed by atoms with Crippen LogP contribution in [0.2, 0.25) is 0 Å². The molecule has 1 radical (unpaired) electrons. The first kappa shape index (κ1) is 10.8. The lowest BCUT2D eigenvalue weighted by atomic mass is 10.1. The van der Waals surface area contributed by atoms with Gasteiger partial charge in [-0.15, -0.1) is 0 Å². The van der Waals surface area contributed by atoms with Crippen molar-refractivity contribution in [2.45, 2.75) is 20.3 Å². The molecule has 1 rings (SSSR count). The van der Waals surface area contributed by atoms with Crippen molar-refractivity contribution in [2.24, 2.45) is 0 Å². The number of benzene rings is 1. The van der Waals surface area contributed by atoms with Gasteiger partial charge in [-0.05, 0) is 25.0 Å². The average Bonchev–Trinajstić information content (AvgIpc) is 2.26. The Hall–Kier alpha value is -1.31. The predicted molar refractivity (Wildman–Crippen MR) is 59.4 cm³/mol. The first-order valence-corrected chi connectivity index (χ1v) is 5.01. The fraction of sp³-hybridized carbons (Fsp3) is 0.417. The number of likely N-dealkylation sites (N-methyl/N-ethyl adjacent to an activating group) is 1. The summed E-state index contributed by atoms with van der Waals surface area (Å²) in [7, 11) is 0. The number of rotatable bonds is 5. The lowest BCUT2D eigenvalue weighted by Crippen LogP contribution is -2.25. The maximum Gasteiger partial charge on any atom is 0.219 e. The molecule has 0 heterocycles. The minimum absolute atomic E-state index is 0.355. The fourth-order valence-corrected chi connectivity index (χ4v) is 1.56. The molecule has 0 aromatic heterocycles. The van der Waals surface area contributed by atoms with Gasteiger partial charge >= 0.3 is 0 Å². The van der Waals surface area contributed by atoms with E-state index in [4.69, 9.17) is 0 Å². The second-order valence-corrected chi connectivity index (χ2v) is 3.14. The molecule has 0 amide bonds. The van der Waals surface area contributed by atoms with Gasteiger partial charge in [0.05, 0.1) is 6.54 Å². The summed E-state index contributed by atoms with van der Waals surface area (Å²) in [5.41, 5.74) is 2.44. The number of carbonyl (C=O) groups excluding carboxylic acids is 1. The minimum atomic E-state index is 0.355. The van der Waals surface area contributed by atoms with E-state index in [0.717, 1.165) is 18.7 Å². The second kappa shape index (κ2) is 5.43. The number of anilines is 1. The molecule has 1 aromatic rings. The Morgan fingerprint density at radius 3 is 2.57 bits per heavy atom. The van der Waals surface area contributed by atoms with Crippen molar-refractivity contribution < 1.29 is 4.79 Å². The van der Waals surface area contributed by atoms with E-state index in [1.165, 1.54) is 5.56 Å². The molecule has 0 spiro atoms. The third kappa shape index (κ3) is 2.34. The molecule has 0 aliphatic carbocycles. The first-order valence-electron chi connectivity index (χ1n) is 5.01. The Balaban J connectivity index is 2.95. The zero-order chi connectivity index (χ0) is 10.4. The van der Waals surface area contributed by atoms with Gasteiger partial charge in [-0.1, -0.05) is 25.1 Å². The largest absolute Gasteiger partial charge is 0.364 e. The predicted octanol–water partition coefficient (Wildman–Crippen LogP) is 2.18. The molecule has 0 N–H and O–H groups in total. The van der Waals surface area contributed by atoms with Crippen LogP contribution in [0.3, 0.4) is 0 Å². The molecule has 2 heteroatoms. The highest BCUT2D eigenvalue weighted by atomic mass is 16.1. The summed E-state index contributed by atoms with van der Waals surface area (Å²) in [4.78, 5) is 12.4. The van der Waals surface area contributed by atoms with Crippen molar-refractivity contribution in [1.82, 2.24) is 0 Å². The minimum Gasteiger partial charge on any atom is -0.364 e. The van der Waals surface area contributed by atoms with E-state index in [9.17, 15) is 4.79 Å². The summed E-state index contributed by atoms with van der Waals surface area (Å²) in [5.74, 6) is 0. The van der Waals surface area contributed by atoms with E-state index < -0.39 is 0 Å². The van der Waals surface area contributed by atoms with Gasteiger partial charge in [0.15, 0.2) is 0 Å². The molecule has 75 valence electrons. The topological polar surface area (TPSA) is 20.3 Å². The van der Waals surface area contributed by atoms with E-state index in [2.05, 4.69) is 19.1 Å². The van der Waals surface area contributed by atoms with E-state index in [-0.39, 0.29) is 0 Å². The first-order chi connectivity index (χ1) is 6.83. The summed E-state index contributed by atoms with van der Waals surface area (Å²) in [6, 6.07) is 8.19. The molecular weight excluding hydrogens is 174 g/mol. The Bertz CT molecular complexity index is 296. The van der Waals surface area contributed by atoms with E-state index in [0.29, 0.717) is 6.54 Å². The Kier molecular flexibility index (Phi) is 4.17. The molecule has 0 aliphatic rings. The van der Waals surface area contributed by atoms with Crippen LogP contribution in [-0.2, 0) is 11.2 Å². The molecule has 0 fully saturated rings. The number of aryl methyl sites for hydroxylation is 1. The third-order valence-corrected chi connectivity index (χ3v) is 2.35. The lowest BCUT2D eigenvalue weighted by molar-refractivity contribution is 0.554. The molecule has 14 heavy (non-hydrogen) atoms. The Morgan fingerprint density at radius 1 is 1.29 bits per heavy atom. The lowest BCUT2D eigenvalue weighted by Gasteiger charge is -2.22.